The van der Waals surface area contributed by atoms with Gasteiger partial charge in [0.05, 0.1) is 5.52 Å². The summed E-state index contributed by atoms with van der Waals surface area (Å²) in [7, 11) is 0. The quantitative estimate of drug-likeness (QED) is 0.643. The molecule has 2 rings (SSSR count). The number of hydrogen-bond donors (Lipinski definition) is 0. The van der Waals surface area contributed by atoms with Gasteiger partial charge < -0.3 is 0 Å². The number of pyridine rings is 1. The van der Waals surface area contributed by atoms with E-state index < -0.39 is 0 Å². The molecule has 96 valence electrons. The minimum absolute atomic E-state index is 0.103. The summed E-state index contributed by atoms with van der Waals surface area (Å²) >= 11 is 0. The van der Waals surface area contributed by atoms with Gasteiger partial charge in [-0.15, -0.1) is 0 Å². The molecule has 1 heteroatoms. The average Bonchev–Trinajstić information content (AvgIpc) is 2.25. The number of aromatic nitrogens is 1. The molecule has 1 nitrogen and oxygen atoms in total. The number of hydrogen-bond acceptors (Lipinski definition) is 1. The number of nitrogens with zero attached hydrogens (tertiary/aromatic N) is 1. The fourth-order valence-corrected chi connectivity index (χ4v) is 2.23. The van der Waals surface area contributed by atoms with Crippen LogP contribution in [0.15, 0.2) is 30.3 Å². The first-order valence-corrected chi connectivity index (χ1v) is 6.60. The smallest absolute Gasteiger partial charge is 0.0708 e. The van der Waals surface area contributed by atoms with Gasteiger partial charge in [-0.25, -0.2) is 0 Å². The molecule has 0 saturated heterocycles. The monoisotopic (exact) mass is 241 g/mol. The van der Waals surface area contributed by atoms with Gasteiger partial charge >= 0.3 is 0 Å². The van der Waals surface area contributed by atoms with E-state index in [1.807, 2.05) is 0 Å². The molecule has 0 aliphatic heterocycles. The van der Waals surface area contributed by atoms with Crippen molar-refractivity contribution in [2.45, 2.75) is 52.4 Å². The first-order valence-electron chi connectivity index (χ1n) is 6.60. The van der Waals surface area contributed by atoms with Crippen LogP contribution in [0.2, 0.25) is 0 Å². The Bertz CT molecular complexity index is 568. The molecular weight excluding hydrogens is 218 g/mol. The van der Waals surface area contributed by atoms with Gasteiger partial charge in [-0.1, -0.05) is 59.7 Å². The van der Waals surface area contributed by atoms with Gasteiger partial charge in [0, 0.05) is 16.5 Å². The third kappa shape index (κ3) is 2.40. The van der Waals surface area contributed by atoms with Crippen LogP contribution >= 0.6 is 0 Å². The normalized spacial score (nSPS) is 13.0. The van der Waals surface area contributed by atoms with E-state index in [0.717, 1.165) is 11.2 Å². The Balaban J connectivity index is 2.68. The second-order valence-electron chi connectivity index (χ2n) is 7.07. The maximum Gasteiger partial charge on any atom is 0.0708 e. The Kier molecular flexibility index (Phi) is 2.96. The molecule has 0 atom stereocenters. The minimum atomic E-state index is 0.103. The van der Waals surface area contributed by atoms with Crippen molar-refractivity contribution in [1.82, 2.24) is 4.98 Å². The lowest BCUT2D eigenvalue weighted by molar-refractivity contribution is 0.571. The summed E-state index contributed by atoms with van der Waals surface area (Å²) in [6.45, 7) is 13.4. The van der Waals surface area contributed by atoms with Crippen molar-refractivity contribution in [3.05, 3.63) is 41.6 Å². The highest BCUT2D eigenvalue weighted by molar-refractivity contribution is 5.83. The highest BCUT2D eigenvalue weighted by Crippen LogP contribution is 2.30. The molecule has 0 bridgehead atoms. The Hall–Kier alpha value is -1.37. The number of fused-ring (bicyclic) bond motifs is 1. The van der Waals surface area contributed by atoms with Gasteiger partial charge in [0.1, 0.15) is 0 Å². The minimum Gasteiger partial charge on any atom is -0.252 e. The fourth-order valence-electron chi connectivity index (χ4n) is 2.23. The number of benzene rings is 1. The van der Waals surface area contributed by atoms with Crippen LogP contribution in [0.4, 0.5) is 0 Å². The van der Waals surface area contributed by atoms with Crippen LogP contribution in [-0.2, 0) is 10.8 Å². The molecule has 2 aromatic rings. The van der Waals surface area contributed by atoms with E-state index in [2.05, 4.69) is 71.9 Å². The van der Waals surface area contributed by atoms with Gasteiger partial charge in [0.25, 0.3) is 0 Å². The molecule has 0 aliphatic carbocycles. The first kappa shape index (κ1) is 13.1. The zero-order valence-electron chi connectivity index (χ0n) is 12.3. The molecule has 0 aliphatic rings. The molecule has 0 radical (unpaired) electrons. The van der Waals surface area contributed by atoms with Crippen molar-refractivity contribution in [3.8, 4) is 0 Å². The Morgan fingerprint density at radius 2 is 1.44 bits per heavy atom. The maximum atomic E-state index is 4.82. The van der Waals surface area contributed by atoms with Crippen LogP contribution in [0.5, 0.6) is 0 Å². The Morgan fingerprint density at radius 1 is 0.778 bits per heavy atom. The summed E-state index contributed by atoms with van der Waals surface area (Å²) in [6, 6.07) is 10.8. The van der Waals surface area contributed by atoms with Crippen LogP contribution < -0.4 is 0 Å². The molecule has 1 aromatic heterocycles. The summed E-state index contributed by atoms with van der Waals surface area (Å²) in [5.41, 5.74) is 3.89. The van der Waals surface area contributed by atoms with E-state index in [1.54, 1.807) is 0 Å². The van der Waals surface area contributed by atoms with E-state index in [-0.39, 0.29) is 10.8 Å². The zero-order valence-corrected chi connectivity index (χ0v) is 12.3. The van der Waals surface area contributed by atoms with Gasteiger partial charge in [-0.05, 0) is 23.1 Å². The predicted molar refractivity (Wildman–Crippen MR) is 79.1 cm³/mol. The second-order valence-corrected chi connectivity index (χ2v) is 7.07. The van der Waals surface area contributed by atoms with Gasteiger partial charge in [-0.2, -0.15) is 0 Å². The SMILES string of the molecule is CC(C)(C)c1ccc2c(C(C)(C)C)cccc2n1. The maximum absolute atomic E-state index is 4.82. The van der Waals surface area contributed by atoms with Crippen LogP contribution in [0.25, 0.3) is 10.9 Å². The van der Waals surface area contributed by atoms with Gasteiger partial charge in [-0.3, -0.25) is 4.98 Å². The topological polar surface area (TPSA) is 12.9 Å². The molecule has 0 spiro atoms. The molecular formula is C17H23N. The molecule has 0 saturated carbocycles. The predicted octanol–water partition coefficient (Wildman–Crippen LogP) is 4.83. The molecule has 1 heterocycles. The van der Waals surface area contributed by atoms with E-state index in [1.165, 1.54) is 10.9 Å². The second kappa shape index (κ2) is 4.08. The lowest BCUT2D eigenvalue weighted by atomic mass is 9.84. The molecule has 0 fully saturated rings. The molecule has 0 N–H and O–H groups in total. The van der Waals surface area contributed by atoms with Gasteiger partial charge in [0.2, 0.25) is 0 Å². The van der Waals surface area contributed by atoms with Crippen molar-refractivity contribution in [2.75, 3.05) is 0 Å². The van der Waals surface area contributed by atoms with Crippen LogP contribution in [-0.4, -0.2) is 4.98 Å². The molecule has 18 heavy (non-hydrogen) atoms. The third-order valence-electron chi connectivity index (χ3n) is 3.31. The Labute approximate surface area is 110 Å². The van der Waals surface area contributed by atoms with Crippen molar-refractivity contribution in [2.24, 2.45) is 0 Å². The average molecular weight is 241 g/mol. The molecule has 1 aromatic carbocycles. The number of rotatable bonds is 0. The van der Waals surface area contributed by atoms with Crippen LogP contribution in [0.3, 0.4) is 0 Å². The van der Waals surface area contributed by atoms with E-state index in [9.17, 15) is 0 Å². The summed E-state index contributed by atoms with van der Waals surface area (Å²) in [6.07, 6.45) is 0. The largest absolute Gasteiger partial charge is 0.252 e. The van der Waals surface area contributed by atoms with Crippen molar-refractivity contribution < 1.29 is 0 Å². The zero-order chi connectivity index (χ0) is 13.6. The third-order valence-corrected chi connectivity index (χ3v) is 3.31. The lowest BCUT2D eigenvalue weighted by Crippen LogP contribution is -2.15. The lowest BCUT2D eigenvalue weighted by Gasteiger charge is -2.23. The summed E-state index contributed by atoms with van der Waals surface area (Å²) in [5.74, 6) is 0. The summed E-state index contributed by atoms with van der Waals surface area (Å²) in [4.78, 5) is 4.82. The van der Waals surface area contributed by atoms with Crippen molar-refractivity contribution in [3.63, 3.8) is 0 Å². The summed E-state index contributed by atoms with van der Waals surface area (Å²) < 4.78 is 0. The summed E-state index contributed by atoms with van der Waals surface area (Å²) in [5, 5.41) is 1.28. The van der Waals surface area contributed by atoms with Crippen LogP contribution in [0.1, 0.15) is 52.8 Å². The van der Waals surface area contributed by atoms with E-state index in [4.69, 9.17) is 4.98 Å². The first-order chi connectivity index (χ1) is 8.19. The van der Waals surface area contributed by atoms with Crippen LogP contribution in [0, 0.1) is 0 Å². The Morgan fingerprint density at radius 3 is 2.00 bits per heavy atom. The standard InChI is InChI=1S/C17H23N/c1-16(2,3)13-8-7-9-14-12(13)10-11-15(18-14)17(4,5)6/h7-11H,1-6H3. The van der Waals surface area contributed by atoms with Crippen molar-refractivity contribution in [1.29, 1.82) is 0 Å². The van der Waals surface area contributed by atoms with E-state index in [0.29, 0.717) is 0 Å². The van der Waals surface area contributed by atoms with Crippen molar-refractivity contribution >= 4 is 10.9 Å². The van der Waals surface area contributed by atoms with Gasteiger partial charge in [0.15, 0.2) is 0 Å². The molecule has 0 unspecified atom stereocenters. The highest BCUT2D eigenvalue weighted by atomic mass is 14.7. The fraction of sp³-hybridized carbons (Fsp3) is 0.471. The highest BCUT2D eigenvalue weighted by Gasteiger charge is 2.19. The van der Waals surface area contributed by atoms with E-state index >= 15 is 0 Å². The molecule has 0 amide bonds.